The summed E-state index contributed by atoms with van der Waals surface area (Å²) in [5.41, 5.74) is 0. The first-order valence-electron chi connectivity index (χ1n) is 17.5. The molecule has 2 heterocycles. The van der Waals surface area contributed by atoms with E-state index in [1.807, 2.05) is 27.7 Å². The maximum Gasteiger partial charge on any atom is 0.309 e. The predicted octanol–water partition coefficient (Wildman–Crippen LogP) is 2.29. The first-order valence-corrected chi connectivity index (χ1v) is 17.5. The van der Waals surface area contributed by atoms with Crippen molar-refractivity contribution >= 4 is 23.9 Å². The Balaban J connectivity index is 0.000000262. The number of hydrogen-bond donors (Lipinski definition) is 4. The van der Waals surface area contributed by atoms with Crippen LogP contribution < -0.4 is 0 Å². The fourth-order valence-corrected chi connectivity index (χ4v) is 6.31. The van der Waals surface area contributed by atoms with E-state index in [9.17, 15) is 39.6 Å². The maximum absolute atomic E-state index is 12.2. The fourth-order valence-electron chi connectivity index (χ4n) is 6.31. The molecule has 4 N–H and O–H groups in total. The molecule has 2 saturated carbocycles. The highest BCUT2D eigenvalue weighted by Gasteiger charge is 2.42. The second-order valence-electron chi connectivity index (χ2n) is 14.2. The van der Waals surface area contributed by atoms with Gasteiger partial charge < -0.3 is 48.8 Å². The van der Waals surface area contributed by atoms with Crippen molar-refractivity contribution < 1.29 is 68.0 Å². The first-order chi connectivity index (χ1) is 22.7. The van der Waals surface area contributed by atoms with Gasteiger partial charge in [0.2, 0.25) is 0 Å². The first kappa shape index (κ1) is 40.1. The SMILES string of the molecule is CC(C)CC(=O)OCC1OC(O)CC(OC(=O)CC(C)C)C1O.O=C(OCC1OC(O)CC(OC(=O)C2CCCC2)C1O)C1CCCC1. The van der Waals surface area contributed by atoms with Crippen LogP contribution in [-0.2, 0) is 47.6 Å². The van der Waals surface area contributed by atoms with Crippen LogP contribution in [0, 0.1) is 23.7 Å². The zero-order valence-electron chi connectivity index (χ0n) is 28.7. The number of esters is 4. The highest BCUT2D eigenvalue weighted by Crippen LogP contribution is 2.30. The lowest BCUT2D eigenvalue weighted by Crippen LogP contribution is -2.52. The van der Waals surface area contributed by atoms with E-state index in [0.29, 0.717) is 0 Å². The number of aliphatic hydroxyl groups excluding tert-OH is 4. The van der Waals surface area contributed by atoms with E-state index in [1.54, 1.807) is 0 Å². The molecule has 14 heteroatoms. The third kappa shape index (κ3) is 13.2. The summed E-state index contributed by atoms with van der Waals surface area (Å²) in [6.07, 6.45) is -0.276. The molecular formula is C34H56O14. The van der Waals surface area contributed by atoms with Gasteiger partial charge in [-0.15, -0.1) is 0 Å². The molecule has 0 spiro atoms. The van der Waals surface area contributed by atoms with Crippen LogP contribution in [0.4, 0.5) is 0 Å². The zero-order chi connectivity index (χ0) is 35.4. The lowest BCUT2D eigenvalue weighted by molar-refractivity contribution is -0.249. The van der Waals surface area contributed by atoms with E-state index < -0.39 is 61.1 Å². The summed E-state index contributed by atoms with van der Waals surface area (Å²) in [6.45, 7) is 7.20. The summed E-state index contributed by atoms with van der Waals surface area (Å²) in [6, 6.07) is 0. The van der Waals surface area contributed by atoms with E-state index in [-0.39, 0.29) is 74.5 Å². The molecule has 0 aromatic carbocycles. The number of carbonyl (C=O) groups is 4. The molecule has 4 fully saturated rings. The summed E-state index contributed by atoms with van der Waals surface area (Å²) < 4.78 is 31.4. The van der Waals surface area contributed by atoms with Crippen LogP contribution in [0.3, 0.4) is 0 Å². The van der Waals surface area contributed by atoms with Crippen molar-refractivity contribution in [2.75, 3.05) is 13.2 Å². The van der Waals surface area contributed by atoms with Crippen molar-refractivity contribution in [1.29, 1.82) is 0 Å². The molecular weight excluding hydrogens is 632 g/mol. The summed E-state index contributed by atoms with van der Waals surface area (Å²) in [7, 11) is 0. The minimum atomic E-state index is -1.18. The van der Waals surface area contributed by atoms with E-state index >= 15 is 0 Å². The van der Waals surface area contributed by atoms with Gasteiger partial charge in [-0.1, -0.05) is 53.4 Å². The van der Waals surface area contributed by atoms with Crippen LogP contribution in [0.1, 0.15) is 105 Å². The molecule has 0 bridgehead atoms. The van der Waals surface area contributed by atoms with Crippen molar-refractivity contribution in [3.8, 4) is 0 Å². The van der Waals surface area contributed by atoms with Crippen molar-refractivity contribution in [2.24, 2.45) is 23.7 Å². The molecule has 48 heavy (non-hydrogen) atoms. The Bertz CT molecular complexity index is 1020. The average molecular weight is 689 g/mol. The Labute approximate surface area is 282 Å². The molecule has 8 unspecified atom stereocenters. The summed E-state index contributed by atoms with van der Waals surface area (Å²) in [4.78, 5) is 47.5. The Morgan fingerprint density at radius 1 is 0.604 bits per heavy atom. The minimum Gasteiger partial charge on any atom is -0.463 e. The largest absolute Gasteiger partial charge is 0.463 e. The second kappa shape index (κ2) is 19.7. The van der Waals surface area contributed by atoms with Crippen LogP contribution in [0.2, 0.25) is 0 Å². The third-order valence-corrected chi connectivity index (χ3v) is 8.93. The number of ether oxygens (including phenoxy) is 6. The average Bonchev–Trinajstić information content (AvgIpc) is 3.74. The van der Waals surface area contributed by atoms with Crippen molar-refractivity contribution in [3.05, 3.63) is 0 Å². The Hall–Kier alpha value is -2.36. The molecule has 0 aromatic rings. The summed E-state index contributed by atoms with van der Waals surface area (Å²) in [5, 5.41) is 40.2. The molecule has 14 nitrogen and oxygen atoms in total. The topological polar surface area (TPSA) is 205 Å². The molecule has 2 saturated heterocycles. The molecule has 0 amide bonds. The fraction of sp³-hybridized carbons (Fsp3) is 0.882. The van der Waals surface area contributed by atoms with E-state index in [2.05, 4.69) is 0 Å². The summed E-state index contributed by atoms with van der Waals surface area (Å²) in [5.74, 6) is -1.34. The van der Waals surface area contributed by atoms with Crippen LogP contribution in [0.15, 0.2) is 0 Å². The zero-order valence-corrected chi connectivity index (χ0v) is 28.7. The van der Waals surface area contributed by atoms with Gasteiger partial charge in [-0.2, -0.15) is 0 Å². The van der Waals surface area contributed by atoms with Gasteiger partial charge in [0.1, 0.15) is 49.8 Å². The van der Waals surface area contributed by atoms with Gasteiger partial charge in [-0.3, -0.25) is 19.2 Å². The number of hydrogen-bond acceptors (Lipinski definition) is 14. The minimum absolute atomic E-state index is 0.0125. The van der Waals surface area contributed by atoms with Crippen LogP contribution in [0.5, 0.6) is 0 Å². The van der Waals surface area contributed by atoms with Gasteiger partial charge in [0, 0.05) is 25.7 Å². The Morgan fingerprint density at radius 2 is 1.02 bits per heavy atom. The van der Waals surface area contributed by atoms with E-state index in [0.717, 1.165) is 51.4 Å². The Kier molecular flexibility index (Phi) is 16.5. The molecule has 4 aliphatic rings. The quantitative estimate of drug-likeness (QED) is 0.172. The van der Waals surface area contributed by atoms with Crippen molar-refractivity contribution in [1.82, 2.24) is 0 Å². The van der Waals surface area contributed by atoms with E-state index in [4.69, 9.17) is 28.4 Å². The third-order valence-electron chi connectivity index (χ3n) is 8.93. The Morgan fingerprint density at radius 3 is 1.50 bits per heavy atom. The second-order valence-corrected chi connectivity index (χ2v) is 14.2. The molecule has 2 aliphatic heterocycles. The van der Waals surface area contributed by atoms with Crippen LogP contribution >= 0.6 is 0 Å². The van der Waals surface area contributed by atoms with Crippen LogP contribution in [-0.4, -0.2) is 107 Å². The standard InChI is InChI=1S/C18H28O7.C16H28O7/c19-15-9-13(25-18(22)12-7-3-4-8-12)16(20)14(24-15)10-23-17(21)11-5-1-2-6-11;1-9(2)5-13(17)21-8-12-16(20)11(7-15(19)23-12)22-14(18)6-10(3)4/h11-16,19-20H,1-10H2;9-12,15-16,19-20H,5-8H2,1-4H3. The number of rotatable bonds is 12. The smallest absolute Gasteiger partial charge is 0.309 e. The van der Waals surface area contributed by atoms with Gasteiger partial charge in [-0.05, 0) is 37.5 Å². The molecule has 0 aromatic heterocycles. The molecule has 2 aliphatic carbocycles. The highest BCUT2D eigenvalue weighted by atomic mass is 16.7. The lowest BCUT2D eigenvalue weighted by Gasteiger charge is -2.37. The van der Waals surface area contributed by atoms with Gasteiger partial charge in [0.15, 0.2) is 12.6 Å². The highest BCUT2D eigenvalue weighted by molar-refractivity contribution is 5.73. The molecule has 0 radical (unpaired) electrons. The van der Waals surface area contributed by atoms with Gasteiger partial charge in [0.25, 0.3) is 0 Å². The van der Waals surface area contributed by atoms with Crippen molar-refractivity contribution in [3.63, 3.8) is 0 Å². The van der Waals surface area contributed by atoms with Crippen molar-refractivity contribution in [2.45, 2.75) is 154 Å². The van der Waals surface area contributed by atoms with Gasteiger partial charge >= 0.3 is 23.9 Å². The summed E-state index contributed by atoms with van der Waals surface area (Å²) >= 11 is 0. The van der Waals surface area contributed by atoms with Crippen LogP contribution in [0.25, 0.3) is 0 Å². The monoisotopic (exact) mass is 688 g/mol. The molecule has 4 rings (SSSR count). The van der Waals surface area contributed by atoms with Gasteiger partial charge in [0.05, 0.1) is 11.8 Å². The maximum atomic E-state index is 12.2. The normalized spacial score (nSPS) is 31.2. The van der Waals surface area contributed by atoms with Gasteiger partial charge in [-0.25, -0.2) is 0 Å². The molecule has 276 valence electrons. The molecule has 8 atom stereocenters. The van der Waals surface area contributed by atoms with E-state index in [1.165, 1.54) is 0 Å². The number of carbonyl (C=O) groups excluding carboxylic acids is 4. The lowest BCUT2D eigenvalue weighted by atomic mass is 10.0. The predicted molar refractivity (Wildman–Crippen MR) is 168 cm³/mol. The number of aliphatic hydroxyl groups is 4.